The van der Waals surface area contributed by atoms with Crippen LogP contribution in [0, 0.1) is 13.8 Å². The van der Waals surface area contributed by atoms with Gasteiger partial charge in [-0.05, 0) is 13.8 Å². The first-order valence-corrected chi connectivity index (χ1v) is 5.05. The summed E-state index contributed by atoms with van der Waals surface area (Å²) in [6.07, 6.45) is 1.69. The third-order valence-corrected chi connectivity index (χ3v) is 2.43. The number of hydrogen-bond acceptors (Lipinski definition) is 3. The Morgan fingerprint density at radius 3 is 2.47 bits per heavy atom. The third kappa shape index (κ3) is 2.11. The molecular formula is C9H8Cl2N4. The Bertz CT molecular complexity index is 467. The van der Waals surface area contributed by atoms with Crippen LogP contribution in [0.2, 0.25) is 10.2 Å². The molecule has 0 aliphatic carbocycles. The Kier molecular flexibility index (Phi) is 2.63. The van der Waals surface area contributed by atoms with E-state index in [4.69, 9.17) is 23.2 Å². The third-order valence-electron chi connectivity index (χ3n) is 1.87. The van der Waals surface area contributed by atoms with Crippen molar-refractivity contribution < 1.29 is 0 Å². The molecule has 0 saturated carbocycles. The lowest BCUT2D eigenvalue weighted by Crippen LogP contribution is -2.01. The van der Waals surface area contributed by atoms with Crippen LogP contribution in [-0.4, -0.2) is 19.7 Å². The smallest absolute Gasteiger partial charge is 0.158 e. The van der Waals surface area contributed by atoms with Crippen molar-refractivity contribution in [1.82, 2.24) is 19.7 Å². The first kappa shape index (κ1) is 10.4. The normalized spacial score (nSPS) is 10.7. The second-order valence-electron chi connectivity index (χ2n) is 3.10. The largest absolute Gasteiger partial charge is 0.221 e. The van der Waals surface area contributed by atoms with Gasteiger partial charge < -0.3 is 0 Å². The highest BCUT2D eigenvalue weighted by Crippen LogP contribution is 2.16. The zero-order chi connectivity index (χ0) is 11.0. The molecule has 0 fully saturated rings. The molecule has 0 aliphatic heterocycles. The second-order valence-corrected chi connectivity index (χ2v) is 3.90. The summed E-state index contributed by atoms with van der Waals surface area (Å²) < 4.78 is 1.58. The molecule has 0 unspecified atom stereocenters. The van der Waals surface area contributed by atoms with Gasteiger partial charge >= 0.3 is 0 Å². The molecule has 0 spiro atoms. The second kappa shape index (κ2) is 3.79. The molecule has 0 aromatic carbocycles. The summed E-state index contributed by atoms with van der Waals surface area (Å²) in [5, 5.41) is 5.19. The number of aromatic nitrogens is 4. The molecule has 2 aromatic heterocycles. The Morgan fingerprint density at radius 1 is 1.20 bits per heavy atom. The molecule has 0 atom stereocenters. The molecule has 0 radical (unpaired) electrons. The highest BCUT2D eigenvalue weighted by Gasteiger charge is 2.06. The van der Waals surface area contributed by atoms with Crippen molar-refractivity contribution in [3.63, 3.8) is 0 Å². The number of nitrogens with zero attached hydrogens (tertiary/aromatic N) is 4. The van der Waals surface area contributed by atoms with E-state index in [1.54, 1.807) is 23.9 Å². The summed E-state index contributed by atoms with van der Waals surface area (Å²) >= 11 is 11.7. The van der Waals surface area contributed by atoms with Crippen molar-refractivity contribution in [2.45, 2.75) is 13.8 Å². The predicted molar refractivity (Wildman–Crippen MR) is 58.6 cm³/mol. The quantitative estimate of drug-likeness (QED) is 0.723. The highest BCUT2D eigenvalue weighted by molar-refractivity contribution is 6.31. The van der Waals surface area contributed by atoms with Gasteiger partial charge in [-0.1, -0.05) is 23.2 Å². The van der Waals surface area contributed by atoms with Crippen molar-refractivity contribution in [3.05, 3.63) is 34.0 Å². The molecular weight excluding hydrogens is 235 g/mol. The molecule has 78 valence electrons. The molecule has 4 nitrogen and oxygen atoms in total. The topological polar surface area (TPSA) is 43.6 Å². The molecule has 2 aromatic rings. The van der Waals surface area contributed by atoms with Crippen molar-refractivity contribution in [2.75, 3.05) is 0 Å². The summed E-state index contributed by atoms with van der Waals surface area (Å²) in [6, 6.07) is 1.64. The van der Waals surface area contributed by atoms with Crippen LogP contribution in [0.3, 0.4) is 0 Å². The summed E-state index contributed by atoms with van der Waals surface area (Å²) in [4.78, 5) is 8.17. The maximum absolute atomic E-state index is 5.90. The van der Waals surface area contributed by atoms with Gasteiger partial charge in [0.15, 0.2) is 5.82 Å². The maximum Gasteiger partial charge on any atom is 0.158 e. The molecule has 0 amide bonds. The van der Waals surface area contributed by atoms with Gasteiger partial charge in [0, 0.05) is 6.07 Å². The average molecular weight is 243 g/mol. The molecule has 2 heterocycles. The van der Waals surface area contributed by atoms with Crippen molar-refractivity contribution in [2.24, 2.45) is 0 Å². The zero-order valence-corrected chi connectivity index (χ0v) is 9.71. The van der Waals surface area contributed by atoms with E-state index < -0.39 is 0 Å². The van der Waals surface area contributed by atoms with Gasteiger partial charge in [0.25, 0.3) is 0 Å². The number of hydrogen-bond donors (Lipinski definition) is 0. The standard InChI is InChI=1S/C9H8Cl2N4/c1-5-7(10)4-15(14-5)9-3-8(11)12-6(2)13-9/h3-4H,1-2H3. The summed E-state index contributed by atoms with van der Waals surface area (Å²) in [5.74, 6) is 1.21. The fraction of sp³-hybridized carbons (Fsp3) is 0.222. The van der Waals surface area contributed by atoms with E-state index in [2.05, 4.69) is 15.1 Å². The Hall–Kier alpha value is -1.13. The summed E-state index contributed by atoms with van der Waals surface area (Å²) in [7, 11) is 0. The number of halogens is 2. The van der Waals surface area contributed by atoms with Crippen molar-refractivity contribution >= 4 is 23.2 Å². The lowest BCUT2D eigenvalue weighted by Gasteiger charge is -2.01. The fourth-order valence-electron chi connectivity index (χ4n) is 1.19. The van der Waals surface area contributed by atoms with E-state index in [9.17, 15) is 0 Å². The van der Waals surface area contributed by atoms with E-state index in [0.717, 1.165) is 5.69 Å². The minimum absolute atomic E-state index is 0.391. The lowest BCUT2D eigenvalue weighted by atomic mass is 10.5. The van der Waals surface area contributed by atoms with E-state index in [0.29, 0.717) is 21.8 Å². The first-order valence-electron chi connectivity index (χ1n) is 4.29. The molecule has 0 bridgehead atoms. The minimum Gasteiger partial charge on any atom is -0.221 e. The predicted octanol–water partition coefficient (Wildman–Crippen LogP) is 2.59. The van der Waals surface area contributed by atoms with E-state index in [-0.39, 0.29) is 0 Å². The zero-order valence-electron chi connectivity index (χ0n) is 8.20. The molecule has 0 saturated heterocycles. The minimum atomic E-state index is 0.391. The molecule has 15 heavy (non-hydrogen) atoms. The maximum atomic E-state index is 5.90. The van der Waals surface area contributed by atoms with Crippen molar-refractivity contribution in [1.29, 1.82) is 0 Å². The lowest BCUT2D eigenvalue weighted by molar-refractivity contribution is 0.816. The summed E-state index contributed by atoms with van der Waals surface area (Å²) in [5.41, 5.74) is 0.754. The fourth-order valence-corrected chi connectivity index (χ4v) is 1.54. The van der Waals surface area contributed by atoms with Crippen LogP contribution in [0.25, 0.3) is 5.82 Å². The highest BCUT2D eigenvalue weighted by atomic mass is 35.5. The van der Waals surface area contributed by atoms with Gasteiger partial charge in [-0.3, -0.25) is 0 Å². The number of aryl methyl sites for hydroxylation is 2. The van der Waals surface area contributed by atoms with Crippen LogP contribution in [-0.2, 0) is 0 Å². The Balaban J connectivity index is 2.53. The van der Waals surface area contributed by atoms with Crippen molar-refractivity contribution in [3.8, 4) is 5.82 Å². The van der Waals surface area contributed by atoms with Gasteiger partial charge in [-0.25, -0.2) is 14.6 Å². The first-order chi connectivity index (χ1) is 7.06. The van der Waals surface area contributed by atoms with E-state index in [1.807, 2.05) is 6.92 Å². The monoisotopic (exact) mass is 242 g/mol. The summed E-state index contributed by atoms with van der Waals surface area (Å²) in [6.45, 7) is 3.60. The average Bonchev–Trinajstić information content (AvgIpc) is 2.45. The Morgan fingerprint density at radius 2 is 1.93 bits per heavy atom. The van der Waals surface area contributed by atoms with Gasteiger partial charge in [0.1, 0.15) is 11.0 Å². The van der Waals surface area contributed by atoms with Gasteiger partial charge in [0.05, 0.1) is 16.9 Å². The van der Waals surface area contributed by atoms with Crippen LogP contribution in [0.4, 0.5) is 0 Å². The van der Waals surface area contributed by atoms with Crippen LogP contribution < -0.4 is 0 Å². The van der Waals surface area contributed by atoms with Gasteiger partial charge in [-0.15, -0.1) is 0 Å². The van der Waals surface area contributed by atoms with Gasteiger partial charge in [-0.2, -0.15) is 5.10 Å². The molecule has 0 N–H and O–H groups in total. The Labute approximate surface area is 96.9 Å². The van der Waals surface area contributed by atoms with Crippen LogP contribution in [0.1, 0.15) is 11.5 Å². The van der Waals surface area contributed by atoms with Crippen LogP contribution in [0.15, 0.2) is 12.3 Å². The number of rotatable bonds is 1. The van der Waals surface area contributed by atoms with Gasteiger partial charge in [0.2, 0.25) is 0 Å². The molecule has 2 rings (SSSR count). The molecule has 6 heteroatoms. The SMILES string of the molecule is Cc1nc(Cl)cc(-n2cc(Cl)c(C)n2)n1. The van der Waals surface area contributed by atoms with E-state index >= 15 is 0 Å². The van der Waals surface area contributed by atoms with Crippen LogP contribution in [0.5, 0.6) is 0 Å². The van der Waals surface area contributed by atoms with Crippen LogP contribution >= 0.6 is 23.2 Å². The molecule has 0 aliphatic rings. The van der Waals surface area contributed by atoms with E-state index in [1.165, 1.54) is 0 Å².